The van der Waals surface area contributed by atoms with E-state index in [1.54, 1.807) is 24.3 Å². The molecular weight excluding hydrogens is 310 g/mol. The van der Waals surface area contributed by atoms with Gasteiger partial charge in [-0.05, 0) is 24.0 Å². The van der Waals surface area contributed by atoms with Crippen LogP contribution >= 0.6 is 0 Å². The van der Waals surface area contributed by atoms with Crippen molar-refractivity contribution in [2.24, 2.45) is 10.9 Å². The number of methoxy groups -OCH3 is 1. The molecule has 7 heteroatoms. The molecule has 0 aliphatic heterocycles. The van der Waals surface area contributed by atoms with Crippen molar-refractivity contribution in [2.45, 2.75) is 25.7 Å². The number of esters is 1. The molecule has 0 heterocycles. The number of nitrogens with zero attached hydrogens (tertiary/aromatic N) is 1. The Morgan fingerprint density at radius 2 is 1.83 bits per heavy atom. The number of oxime groups is 1. The van der Waals surface area contributed by atoms with Crippen LogP contribution in [0.3, 0.4) is 0 Å². The summed E-state index contributed by atoms with van der Waals surface area (Å²) in [6.45, 7) is 3.90. The summed E-state index contributed by atoms with van der Waals surface area (Å²) < 4.78 is 4.48. The van der Waals surface area contributed by atoms with E-state index < -0.39 is 0 Å². The van der Waals surface area contributed by atoms with Crippen LogP contribution in [0, 0.1) is 0 Å². The van der Waals surface area contributed by atoms with E-state index in [0.29, 0.717) is 24.3 Å². The maximum atomic E-state index is 11.6. The summed E-state index contributed by atoms with van der Waals surface area (Å²) in [5, 5.41) is 15.1. The first kappa shape index (κ1) is 19.2. The number of hydrogen-bond acceptors (Lipinski definition) is 6. The van der Waals surface area contributed by atoms with E-state index in [4.69, 9.17) is 10.9 Å². The van der Waals surface area contributed by atoms with Crippen LogP contribution in [0.25, 0.3) is 5.70 Å². The van der Waals surface area contributed by atoms with E-state index in [2.05, 4.69) is 21.8 Å². The molecule has 0 radical (unpaired) electrons. The third-order valence-electron chi connectivity index (χ3n) is 3.41. The number of nitrogens with two attached hydrogens (primary N) is 1. The van der Waals surface area contributed by atoms with E-state index >= 15 is 0 Å². The van der Waals surface area contributed by atoms with Crippen molar-refractivity contribution in [1.29, 1.82) is 0 Å². The number of benzene rings is 1. The maximum absolute atomic E-state index is 11.6. The lowest BCUT2D eigenvalue weighted by Gasteiger charge is -2.07. The van der Waals surface area contributed by atoms with Gasteiger partial charge < -0.3 is 21.0 Å². The minimum absolute atomic E-state index is 0.143. The molecule has 0 aromatic heterocycles. The molecule has 0 saturated heterocycles. The van der Waals surface area contributed by atoms with Crippen LogP contribution in [0.4, 0.5) is 0 Å². The highest BCUT2D eigenvalue weighted by atomic mass is 16.5. The number of amides is 1. The van der Waals surface area contributed by atoms with Gasteiger partial charge in [-0.2, -0.15) is 0 Å². The molecule has 0 saturated carbocycles. The molecule has 1 aromatic rings. The van der Waals surface area contributed by atoms with Crippen molar-refractivity contribution in [3.8, 4) is 0 Å². The highest BCUT2D eigenvalue weighted by Gasteiger charge is 2.08. The predicted octanol–water partition coefficient (Wildman–Crippen LogP) is 1.64. The quantitative estimate of drug-likeness (QED) is 0.275. The first-order valence-electron chi connectivity index (χ1n) is 7.57. The van der Waals surface area contributed by atoms with Crippen LogP contribution < -0.4 is 11.1 Å². The van der Waals surface area contributed by atoms with Gasteiger partial charge in [0.25, 0.3) is 0 Å². The van der Waals surface area contributed by atoms with Gasteiger partial charge in [0.15, 0.2) is 0 Å². The van der Waals surface area contributed by atoms with Gasteiger partial charge in [0, 0.05) is 18.7 Å². The first-order chi connectivity index (χ1) is 11.5. The molecule has 7 nitrogen and oxygen atoms in total. The summed E-state index contributed by atoms with van der Waals surface area (Å²) in [6, 6.07) is 7.17. The summed E-state index contributed by atoms with van der Waals surface area (Å²) in [5.74, 6) is -0.528. The summed E-state index contributed by atoms with van der Waals surface area (Å²) in [6.07, 6.45) is 1.39. The molecule has 0 atom stereocenters. The number of nitrogens with one attached hydrogen (secondary N) is 1. The van der Waals surface area contributed by atoms with Gasteiger partial charge in [0.2, 0.25) is 5.91 Å². The summed E-state index contributed by atoms with van der Waals surface area (Å²) >= 11 is 0. The second-order valence-corrected chi connectivity index (χ2v) is 5.18. The van der Waals surface area contributed by atoms with Crippen LogP contribution in [0.15, 0.2) is 36.0 Å². The summed E-state index contributed by atoms with van der Waals surface area (Å²) in [4.78, 5) is 22.6. The Hall–Kier alpha value is -2.83. The number of carbonyl (C=O) groups is 2. The standard InChI is InChI=1S/C17H23N3O4/c1-12(18)13-6-8-14(9-7-13)15(20-23)4-3-5-16(21)19-11-10-17(22)24-2/h6-9,23H,1,3-5,10-11,18H2,2H3,(H,19,21)/b20-15+. The Morgan fingerprint density at radius 3 is 2.38 bits per heavy atom. The zero-order valence-corrected chi connectivity index (χ0v) is 13.7. The topological polar surface area (TPSA) is 114 Å². The Bertz CT molecular complexity index is 609. The molecule has 24 heavy (non-hydrogen) atoms. The van der Waals surface area contributed by atoms with Crippen molar-refractivity contribution >= 4 is 23.3 Å². The molecule has 0 spiro atoms. The Labute approximate surface area is 141 Å². The maximum Gasteiger partial charge on any atom is 0.307 e. The Morgan fingerprint density at radius 1 is 1.21 bits per heavy atom. The fourth-order valence-corrected chi connectivity index (χ4v) is 2.04. The molecule has 0 fully saturated rings. The van der Waals surface area contributed by atoms with Crippen molar-refractivity contribution < 1.29 is 19.5 Å². The molecule has 1 amide bonds. The van der Waals surface area contributed by atoms with Crippen molar-refractivity contribution in [1.82, 2.24) is 5.32 Å². The number of hydrogen-bond donors (Lipinski definition) is 3. The van der Waals surface area contributed by atoms with Gasteiger partial charge in [-0.15, -0.1) is 0 Å². The van der Waals surface area contributed by atoms with Gasteiger partial charge in [0.1, 0.15) is 0 Å². The minimum atomic E-state index is -0.367. The largest absolute Gasteiger partial charge is 0.469 e. The summed E-state index contributed by atoms with van der Waals surface area (Å²) in [5.41, 5.74) is 8.13. The van der Waals surface area contributed by atoms with Crippen molar-refractivity contribution in [3.05, 3.63) is 42.0 Å². The molecule has 130 valence electrons. The fraction of sp³-hybridized carbons (Fsp3) is 0.353. The highest BCUT2D eigenvalue weighted by Crippen LogP contribution is 2.13. The van der Waals surface area contributed by atoms with Crippen LogP contribution in [-0.2, 0) is 14.3 Å². The predicted molar refractivity (Wildman–Crippen MR) is 91.5 cm³/mol. The molecule has 1 aromatic carbocycles. The lowest BCUT2D eigenvalue weighted by molar-refractivity contribution is -0.140. The normalized spacial score (nSPS) is 11.0. The van der Waals surface area contributed by atoms with Gasteiger partial charge >= 0.3 is 5.97 Å². The molecule has 0 aliphatic carbocycles. The highest BCUT2D eigenvalue weighted by molar-refractivity contribution is 6.00. The van der Waals surface area contributed by atoms with E-state index in [9.17, 15) is 9.59 Å². The first-order valence-corrected chi connectivity index (χ1v) is 7.57. The Balaban J connectivity index is 2.40. The number of ether oxygens (including phenoxy) is 1. The minimum Gasteiger partial charge on any atom is -0.469 e. The molecular formula is C17H23N3O4. The molecule has 0 aliphatic rings. The van der Waals surface area contributed by atoms with Gasteiger partial charge in [-0.1, -0.05) is 36.0 Å². The fourth-order valence-electron chi connectivity index (χ4n) is 2.04. The van der Waals surface area contributed by atoms with Crippen molar-refractivity contribution in [2.75, 3.05) is 13.7 Å². The van der Waals surface area contributed by atoms with Crippen LogP contribution in [0.5, 0.6) is 0 Å². The third-order valence-corrected chi connectivity index (χ3v) is 3.41. The van der Waals surface area contributed by atoms with Crippen LogP contribution in [-0.4, -0.2) is 36.4 Å². The lowest BCUT2D eigenvalue weighted by Crippen LogP contribution is -2.26. The van der Waals surface area contributed by atoms with Crippen LogP contribution in [0.1, 0.15) is 36.8 Å². The van der Waals surface area contributed by atoms with Gasteiger partial charge in [-0.3, -0.25) is 9.59 Å². The second-order valence-electron chi connectivity index (χ2n) is 5.18. The summed E-state index contributed by atoms with van der Waals surface area (Å²) in [7, 11) is 1.30. The van der Waals surface area contributed by atoms with Crippen molar-refractivity contribution in [3.63, 3.8) is 0 Å². The molecule has 1 rings (SSSR count). The Kier molecular flexibility index (Phi) is 8.04. The van der Waals surface area contributed by atoms with E-state index in [-0.39, 0.29) is 31.3 Å². The van der Waals surface area contributed by atoms with Gasteiger partial charge in [-0.25, -0.2) is 0 Å². The monoisotopic (exact) mass is 333 g/mol. The number of rotatable bonds is 9. The zero-order chi connectivity index (χ0) is 17.9. The van der Waals surface area contributed by atoms with E-state index in [1.807, 2.05) is 0 Å². The average molecular weight is 333 g/mol. The molecule has 4 N–H and O–H groups in total. The zero-order valence-electron chi connectivity index (χ0n) is 13.7. The van der Waals surface area contributed by atoms with E-state index in [1.165, 1.54) is 7.11 Å². The smallest absolute Gasteiger partial charge is 0.307 e. The SMILES string of the molecule is C=C(N)c1ccc(/C(CCCC(=O)NCCC(=O)OC)=N/O)cc1. The molecule has 0 bridgehead atoms. The lowest BCUT2D eigenvalue weighted by atomic mass is 10.0. The van der Waals surface area contributed by atoms with Crippen LogP contribution in [0.2, 0.25) is 0 Å². The molecule has 0 unspecified atom stereocenters. The van der Waals surface area contributed by atoms with Gasteiger partial charge in [0.05, 0.1) is 19.2 Å². The number of carbonyl (C=O) groups excluding carboxylic acids is 2. The third kappa shape index (κ3) is 6.51. The second kappa shape index (κ2) is 10.0. The average Bonchev–Trinajstić information content (AvgIpc) is 2.58. The van der Waals surface area contributed by atoms with E-state index in [0.717, 1.165) is 11.1 Å².